The van der Waals surface area contributed by atoms with E-state index in [-0.39, 0.29) is 11.8 Å². The minimum absolute atomic E-state index is 0.104. The number of nitrogens with zero attached hydrogens (tertiary/aromatic N) is 1. The van der Waals surface area contributed by atoms with Gasteiger partial charge < -0.3 is 16.4 Å². The van der Waals surface area contributed by atoms with Crippen LogP contribution in [0.25, 0.3) is 0 Å². The van der Waals surface area contributed by atoms with Crippen LogP contribution in [0.4, 0.5) is 0 Å². The third-order valence-corrected chi connectivity index (χ3v) is 1.14. The standard InChI is InChI=1S/C5H11N3O/c1-2-4(3-6)5(7)8-9/h3-4,6,9H,2H2,1H3,(H2,7,8). The molecule has 9 heavy (non-hydrogen) atoms. The maximum Gasteiger partial charge on any atom is 0.147 e. The first-order chi connectivity index (χ1) is 4.26. The summed E-state index contributed by atoms with van der Waals surface area (Å²) in [5.74, 6) is -0.109. The van der Waals surface area contributed by atoms with E-state index in [1.165, 1.54) is 0 Å². The maximum absolute atomic E-state index is 8.13. The maximum atomic E-state index is 8.13. The molecular formula is C5H11N3O. The van der Waals surface area contributed by atoms with Gasteiger partial charge in [-0.05, 0) is 6.42 Å². The Balaban J connectivity index is 3.94. The van der Waals surface area contributed by atoms with E-state index in [4.69, 9.17) is 16.4 Å². The van der Waals surface area contributed by atoms with E-state index in [1.54, 1.807) is 0 Å². The molecular weight excluding hydrogens is 118 g/mol. The summed E-state index contributed by atoms with van der Waals surface area (Å²) in [6, 6.07) is 0. The summed E-state index contributed by atoms with van der Waals surface area (Å²) in [6.07, 6.45) is 1.86. The predicted molar refractivity (Wildman–Crippen MR) is 36.0 cm³/mol. The molecule has 0 bridgehead atoms. The van der Waals surface area contributed by atoms with E-state index < -0.39 is 0 Å². The van der Waals surface area contributed by atoms with Crippen LogP contribution in [-0.2, 0) is 0 Å². The average molecular weight is 129 g/mol. The number of nitrogens with one attached hydrogen (secondary N) is 1. The zero-order valence-electron chi connectivity index (χ0n) is 5.33. The van der Waals surface area contributed by atoms with Crippen molar-refractivity contribution in [2.24, 2.45) is 16.8 Å². The fourth-order valence-electron chi connectivity index (χ4n) is 0.487. The van der Waals surface area contributed by atoms with Crippen molar-refractivity contribution >= 4 is 12.1 Å². The monoisotopic (exact) mass is 129 g/mol. The smallest absolute Gasteiger partial charge is 0.147 e. The second kappa shape index (κ2) is 3.88. The Hall–Kier alpha value is -1.06. The fourth-order valence-corrected chi connectivity index (χ4v) is 0.487. The van der Waals surface area contributed by atoms with Crippen LogP contribution >= 0.6 is 0 Å². The van der Waals surface area contributed by atoms with Gasteiger partial charge in [-0.1, -0.05) is 12.1 Å². The summed E-state index contributed by atoms with van der Waals surface area (Å²) < 4.78 is 0. The molecule has 0 aliphatic carbocycles. The molecule has 0 aromatic rings. The quantitative estimate of drug-likeness (QED) is 0.223. The highest BCUT2D eigenvalue weighted by Crippen LogP contribution is 1.96. The third-order valence-electron chi connectivity index (χ3n) is 1.14. The molecule has 0 saturated carbocycles. The van der Waals surface area contributed by atoms with E-state index in [0.29, 0.717) is 6.42 Å². The van der Waals surface area contributed by atoms with Crippen LogP contribution in [0.2, 0.25) is 0 Å². The third kappa shape index (κ3) is 2.12. The highest BCUT2D eigenvalue weighted by atomic mass is 16.4. The van der Waals surface area contributed by atoms with Crippen LogP contribution in [0.1, 0.15) is 13.3 Å². The Morgan fingerprint density at radius 1 is 2.00 bits per heavy atom. The summed E-state index contributed by atoms with van der Waals surface area (Å²) in [5, 5.41) is 17.7. The number of hydrogen-bond acceptors (Lipinski definition) is 3. The molecule has 0 amide bonds. The average Bonchev–Trinajstić information content (AvgIpc) is 1.90. The second-order valence-corrected chi connectivity index (χ2v) is 1.71. The van der Waals surface area contributed by atoms with E-state index >= 15 is 0 Å². The Morgan fingerprint density at radius 3 is 2.67 bits per heavy atom. The first-order valence-corrected chi connectivity index (χ1v) is 2.74. The van der Waals surface area contributed by atoms with Gasteiger partial charge in [0.2, 0.25) is 0 Å². The molecule has 0 fully saturated rings. The lowest BCUT2D eigenvalue weighted by atomic mass is 10.1. The van der Waals surface area contributed by atoms with Crippen molar-refractivity contribution in [2.45, 2.75) is 13.3 Å². The second-order valence-electron chi connectivity index (χ2n) is 1.71. The SMILES string of the molecule is CCC(C=N)C(N)=NO. The van der Waals surface area contributed by atoms with E-state index in [1.807, 2.05) is 6.92 Å². The zero-order chi connectivity index (χ0) is 7.28. The van der Waals surface area contributed by atoms with Crippen molar-refractivity contribution in [1.29, 1.82) is 5.41 Å². The molecule has 0 aromatic heterocycles. The molecule has 0 aliphatic rings. The summed E-state index contributed by atoms with van der Waals surface area (Å²) in [7, 11) is 0. The van der Waals surface area contributed by atoms with Gasteiger partial charge in [0.1, 0.15) is 5.84 Å². The van der Waals surface area contributed by atoms with Crippen molar-refractivity contribution < 1.29 is 5.21 Å². The Bertz CT molecular complexity index is 121. The van der Waals surface area contributed by atoms with Crippen LogP contribution in [0.3, 0.4) is 0 Å². The van der Waals surface area contributed by atoms with Gasteiger partial charge in [-0.3, -0.25) is 0 Å². The summed E-state index contributed by atoms with van der Waals surface area (Å²) in [5.41, 5.74) is 5.19. The molecule has 0 rings (SSSR count). The fraction of sp³-hybridized carbons (Fsp3) is 0.600. The van der Waals surface area contributed by atoms with Crippen molar-refractivity contribution in [2.75, 3.05) is 0 Å². The lowest BCUT2D eigenvalue weighted by molar-refractivity contribution is 0.315. The van der Waals surface area contributed by atoms with E-state index in [2.05, 4.69) is 5.16 Å². The molecule has 4 nitrogen and oxygen atoms in total. The molecule has 0 spiro atoms. The molecule has 0 aromatic carbocycles. The Labute approximate surface area is 53.9 Å². The van der Waals surface area contributed by atoms with Gasteiger partial charge in [0, 0.05) is 6.21 Å². The van der Waals surface area contributed by atoms with Crippen LogP contribution in [-0.4, -0.2) is 17.3 Å². The van der Waals surface area contributed by atoms with Crippen molar-refractivity contribution in [1.82, 2.24) is 0 Å². The number of rotatable bonds is 3. The van der Waals surface area contributed by atoms with Crippen LogP contribution in [0, 0.1) is 11.3 Å². The van der Waals surface area contributed by atoms with Gasteiger partial charge in [0.25, 0.3) is 0 Å². The van der Waals surface area contributed by atoms with Gasteiger partial charge in [-0.2, -0.15) is 0 Å². The Morgan fingerprint density at radius 2 is 2.56 bits per heavy atom. The normalized spacial score (nSPS) is 15.0. The van der Waals surface area contributed by atoms with Gasteiger partial charge in [0.05, 0.1) is 5.92 Å². The number of nitrogens with two attached hydrogens (primary N) is 1. The van der Waals surface area contributed by atoms with E-state index in [9.17, 15) is 0 Å². The minimum atomic E-state index is -0.213. The van der Waals surface area contributed by atoms with Crippen molar-refractivity contribution in [3.05, 3.63) is 0 Å². The van der Waals surface area contributed by atoms with Gasteiger partial charge in [0.15, 0.2) is 0 Å². The predicted octanol–water partition coefficient (Wildman–Crippen LogP) is 0.409. The summed E-state index contributed by atoms with van der Waals surface area (Å²) in [4.78, 5) is 0. The van der Waals surface area contributed by atoms with Gasteiger partial charge >= 0.3 is 0 Å². The first-order valence-electron chi connectivity index (χ1n) is 2.74. The van der Waals surface area contributed by atoms with Crippen LogP contribution in [0.5, 0.6) is 0 Å². The van der Waals surface area contributed by atoms with Crippen LogP contribution in [0.15, 0.2) is 5.16 Å². The first kappa shape index (κ1) is 7.94. The van der Waals surface area contributed by atoms with Crippen molar-refractivity contribution in [3.63, 3.8) is 0 Å². The highest BCUT2D eigenvalue weighted by Gasteiger charge is 2.05. The number of amidine groups is 1. The molecule has 52 valence electrons. The zero-order valence-corrected chi connectivity index (χ0v) is 5.33. The molecule has 4 N–H and O–H groups in total. The largest absolute Gasteiger partial charge is 0.409 e. The molecule has 0 radical (unpaired) electrons. The highest BCUT2D eigenvalue weighted by molar-refractivity contribution is 5.94. The summed E-state index contributed by atoms with van der Waals surface area (Å²) >= 11 is 0. The molecule has 0 saturated heterocycles. The molecule has 4 heteroatoms. The van der Waals surface area contributed by atoms with Gasteiger partial charge in [-0.25, -0.2) is 0 Å². The van der Waals surface area contributed by atoms with E-state index in [0.717, 1.165) is 6.21 Å². The molecule has 1 atom stereocenters. The minimum Gasteiger partial charge on any atom is -0.409 e. The summed E-state index contributed by atoms with van der Waals surface area (Å²) in [6.45, 7) is 1.87. The number of hydrogen-bond donors (Lipinski definition) is 3. The lowest BCUT2D eigenvalue weighted by Gasteiger charge is -2.03. The van der Waals surface area contributed by atoms with Gasteiger partial charge in [-0.15, -0.1) is 0 Å². The van der Waals surface area contributed by atoms with Crippen molar-refractivity contribution in [3.8, 4) is 0 Å². The topological polar surface area (TPSA) is 82.5 Å². The van der Waals surface area contributed by atoms with Crippen LogP contribution < -0.4 is 5.73 Å². The Kier molecular flexibility index (Phi) is 3.43. The molecule has 0 heterocycles. The lowest BCUT2D eigenvalue weighted by Crippen LogP contribution is -2.23. The number of oxime groups is 1. The molecule has 1 unspecified atom stereocenters. The molecule has 0 aliphatic heterocycles.